The number of nitrogens with zero attached hydrogens (tertiary/aromatic N) is 2. The molecule has 3 rings (SSSR count). The first-order valence-electron chi connectivity index (χ1n) is 7.73. The van der Waals surface area contributed by atoms with Crippen molar-refractivity contribution in [2.45, 2.75) is 13.8 Å². The summed E-state index contributed by atoms with van der Waals surface area (Å²) in [6.45, 7) is 4.05. The highest BCUT2D eigenvalue weighted by Crippen LogP contribution is 2.23. The van der Waals surface area contributed by atoms with E-state index < -0.39 is 5.41 Å². The van der Waals surface area contributed by atoms with Crippen molar-refractivity contribution in [1.29, 1.82) is 0 Å². The lowest BCUT2D eigenvalue weighted by Gasteiger charge is -2.17. The summed E-state index contributed by atoms with van der Waals surface area (Å²) in [6.07, 6.45) is 6.21. The van der Waals surface area contributed by atoms with Gasteiger partial charge in [-0.3, -0.25) is 4.98 Å². The number of carbonyl (C=O) groups excluding carboxylic acids is 1. The van der Waals surface area contributed by atoms with E-state index in [1.165, 1.54) is 0 Å². The maximum atomic E-state index is 10.9. The molecule has 1 aromatic carbocycles. The van der Waals surface area contributed by atoms with Gasteiger partial charge in [-0.25, -0.2) is 4.98 Å². The van der Waals surface area contributed by atoms with Crippen molar-refractivity contribution in [1.82, 2.24) is 15.0 Å². The standard InChI is InChI=1S/C19H19N3O2/c1-19(2,12-23)13-24-16-6-3-14(4-7-16)17-8-5-15(11-22-17)18-20-9-10-21-18/h3-12H,13H2,1-2H3,(H,20,21). The van der Waals surface area contributed by atoms with Gasteiger partial charge in [-0.15, -0.1) is 0 Å². The zero-order chi connectivity index (χ0) is 17.0. The number of imidazole rings is 1. The van der Waals surface area contributed by atoms with Crippen LogP contribution in [0.5, 0.6) is 5.75 Å². The fourth-order valence-electron chi connectivity index (χ4n) is 2.15. The molecular formula is C19H19N3O2. The van der Waals surface area contributed by atoms with E-state index in [1.54, 1.807) is 18.6 Å². The number of rotatable bonds is 6. The molecule has 0 radical (unpaired) electrons. The van der Waals surface area contributed by atoms with Gasteiger partial charge in [-0.2, -0.15) is 0 Å². The molecule has 2 aromatic heterocycles. The maximum Gasteiger partial charge on any atom is 0.138 e. The van der Waals surface area contributed by atoms with Gasteiger partial charge < -0.3 is 14.5 Å². The van der Waals surface area contributed by atoms with E-state index in [4.69, 9.17) is 4.74 Å². The second kappa shape index (κ2) is 6.66. The lowest BCUT2D eigenvalue weighted by atomic mass is 9.98. The quantitative estimate of drug-likeness (QED) is 0.702. The van der Waals surface area contributed by atoms with Gasteiger partial charge in [-0.1, -0.05) is 0 Å². The minimum Gasteiger partial charge on any atom is -0.493 e. The first-order valence-corrected chi connectivity index (χ1v) is 7.73. The molecular weight excluding hydrogens is 302 g/mol. The monoisotopic (exact) mass is 321 g/mol. The molecule has 0 bridgehead atoms. The molecule has 5 nitrogen and oxygen atoms in total. The Bertz CT molecular complexity index is 792. The Morgan fingerprint density at radius 1 is 1.08 bits per heavy atom. The summed E-state index contributed by atoms with van der Waals surface area (Å²) in [7, 11) is 0. The molecule has 0 unspecified atom stereocenters. The second-order valence-electron chi connectivity index (χ2n) is 6.29. The van der Waals surface area contributed by atoms with E-state index in [0.29, 0.717) is 6.61 Å². The summed E-state index contributed by atoms with van der Waals surface area (Å²) < 4.78 is 5.66. The van der Waals surface area contributed by atoms with Crippen LogP contribution < -0.4 is 4.74 Å². The molecule has 3 aromatic rings. The van der Waals surface area contributed by atoms with Crippen LogP contribution in [0.4, 0.5) is 0 Å². The number of benzene rings is 1. The van der Waals surface area contributed by atoms with Gasteiger partial charge in [0.05, 0.1) is 17.7 Å². The molecule has 0 aliphatic carbocycles. The molecule has 122 valence electrons. The van der Waals surface area contributed by atoms with Crippen LogP contribution in [0.3, 0.4) is 0 Å². The molecule has 0 aliphatic heterocycles. The minimum absolute atomic E-state index is 0.353. The number of carbonyl (C=O) groups is 1. The first kappa shape index (κ1) is 15.9. The van der Waals surface area contributed by atoms with Crippen LogP contribution in [-0.4, -0.2) is 27.8 Å². The van der Waals surface area contributed by atoms with Crippen molar-refractivity contribution in [2.24, 2.45) is 5.41 Å². The number of nitrogens with one attached hydrogen (secondary N) is 1. The number of aromatic nitrogens is 3. The predicted molar refractivity (Wildman–Crippen MR) is 92.6 cm³/mol. The molecule has 0 spiro atoms. The average Bonchev–Trinajstić information content (AvgIpc) is 3.15. The normalized spacial score (nSPS) is 11.2. The van der Waals surface area contributed by atoms with Gasteiger partial charge in [0, 0.05) is 29.7 Å². The predicted octanol–water partition coefficient (Wildman–Crippen LogP) is 3.74. The average molecular weight is 321 g/mol. The van der Waals surface area contributed by atoms with Crippen LogP contribution in [0.2, 0.25) is 0 Å². The highest BCUT2D eigenvalue weighted by Gasteiger charge is 2.17. The number of hydrogen-bond acceptors (Lipinski definition) is 4. The van der Waals surface area contributed by atoms with E-state index >= 15 is 0 Å². The van der Waals surface area contributed by atoms with E-state index in [-0.39, 0.29) is 0 Å². The van der Waals surface area contributed by atoms with Crippen LogP contribution >= 0.6 is 0 Å². The summed E-state index contributed by atoms with van der Waals surface area (Å²) in [5, 5.41) is 0. The molecule has 24 heavy (non-hydrogen) atoms. The highest BCUT2D eigenvalue weighted by atomic mass is 16.5. The Kier molecular flexibility index (Phi) is 4.42. The van der Waals surface area contributed by atoms with Crippen LogP contribution in [0.25, 0.3) is 22.6 Å². The smallest absolute Gasteiger partial charge is 0.138 e. The summed E-state index contributed by atoms with van der Waals surface area (Å²) in [4.78, 5) is 22.7. The van der Waals surface area contributed by atoms with E-state index in [2.05, 4.69) is 15.0 Å². The summed E-state index contributed by atoms with van der Waals surface area (Å²) in [5.74, 6) is 1.54. The topological polar surface area (TPSA) is 67.9 Å². The van der Waals surface area contributed by atoms with Crippen LogP contribution in [-0.2, 0) is 4.79 Å². The zero-order valence-corrected chi connectivity index (χ0v) is 13.7. The largest absolute Gasteiger partial charge is 0.493 e. The Balaban J connectivity index is 1.70. The lowest BCUT2D eigenvalue weighted by Crippen LogP contribution is -2.22. The van der Waals surface area contributed by atoms with E-state index in [9.17, 15) is 4.79 Å². The molecule has 5 heteroatoms. The van der Waals surface area contributed by atoms with Crippen molar-refractivity contribution < 1.29 is 9.53 Å². The van der Waals surface area contributed by atoms with Crippen molar-refractivity contribution >= 4 is 6.29 Å². The molecule has 0 amide bonds. The van der Waals surface area contributed by atoms with Gasteiger partial charge in [0.25, 0.3) is 0 Å². The highest BCUT2D eigenvalue weighted by molar-refractivity contribution is 5.63. The molecule has 0 saturated heterocycles. The molecule has 0 saturated carbocycles. The van der Waals surface area contributed by atoms with Crippen molar-refractivity contribution in [3.63, 3.8) is 0 Å². The molecule has 0 aliphatic rings. The number of aromatic amines is 1. The van der Waals surface area contributed by atoms with Crippen molar-refractivity contribution in [3.8, 4) is 28.4 Å². The molecule has 0 fully saturated rings. The number of H-pyrrole nitrogens is 1. The Hall–Kier alpha value is -2.95. The van der Waals surface area contributed by atoms with Gasteiger partial charge in [0.2, 0.25) is 0 Å². The Morgan fingerprint density at radius 2 is 1.83 bits per heavy atom. The van der Waals surface area contributed by atoms with Crippen molar-refractivity contribution in [2.75, 3.05) is 6.61 Å². The first-order chi connectivity index (χ1) is 11.6. The third-order valence-corrected chi connectivity index (χ3v) is 3.62. The maximum absolute atomic E-state index is 10.9. The summed E-state index contributed by atoms with van der Waals surface area (Å²) in [5.41, 5.74) is 2.34. The van der Waals surface area contributed by atoms with Crippen LogP contribution in [0, 0.1) is 5.41 Å². The number of hydrogen-bond donors (Lipinski definition) is 1. The third kappa shape index (κ3) is 3.68. The van der Waals surface area contributed by atoms with Gasteiger partial charge in [0.15, 0.2) is 0 Å². The summed E-state index contributed by atoms with van der Waals surface area (Å²) in [6, 6.07) is 11.6. The van der Waals surface area contributed by atoms with Crippen LogP contribution in [0.1, 0.15) is 13.8 Å². The minimum atomic E-state index is -0.484. The van der Waals surface area contributed by atoms with E-state index in [0.717, 1.165) is 34.7 Å². The molecule has 0 atom stereocenters. The number of aldehydes is 1. The summed E-state index contributed by atoms with van der Waals surface area (Å²) >= 11 is 0. The fourth-order valence-corrected chi connectivity index (χ4v) is 2.15. The van der Waals surface area contributed by atoms with Gasteiger partial charge in [0.1, 0.15) is 17.9 Å². The van der Waals surface area contributed by atoms with Gasteiger partial charge >= 0.3 is 0 Å². The Morgan fingerprint density at radius 3 is 2.42 bits per heavy atom. The van der Waals surface area contributed by atoms with E-state index in [1.807, 2.05) is 50.2 Å². The zero-order valence-electron chi connectivity index (χ0n) is 13.7. The Labute approximate surface area is 140 Å². The molecule has 1 N–H and O–H groups in total. The number of ether oxygens (including phenoxy) is 1. The molecule has 2 heterocycles. The van der Waals surface area contributed by atoms with Crippen LogP contribution in [0.15, 0.2) is 55.0 Å². The third-order valence-electron chi connectivity index (χ3n) is 3.62. The van der Waals surface area contributed by atoms with Gasteiger partial charge in [-0.05, 0) is 50.2 Å². The van der Waals surface area contributed by atoms with Crippen molar-refractivity contribution in [3.05, 3.63) is 55.0 Å². The second-order valence-corrected chi connectivity index (χ2v) is 6.29. The number of pyridine rings is 1. The lowest BCUT2D eigenvalue weighted by molar-refractivity contribution is -0.116. The fraction of sp³-hybridized carbons (Fsp3) is 0.211. The SMILES string of the molecule is CC(C)(C=O)COc1ccc(-c2ccc(-c3ncc[nH]3)cn2)cc1.